The molecular weight excluding hydrogens is 286 g/mol. The van der Waals surface area contributed by atoms with Crippen LogP contribution in [0, 0.1) is 6.92 Å². The molecule has 0 bridgehead atoms. The van der Waals surface area contributed by atoms with Crippen molar-refractivity contribution in [2.45, 2.75) is 19.9 Å². The zero-order valence-electron chi connectivity index (χ0n) is 10.3. The number of anilines is 1. The molecule has 3 rings (SSSR count). The number of thiazole rings is 1. The fourth-order valence-electron chi connectivity index (χ4n) is 1.98. The van der Waals surface area contributed by atoms with Gasteiger partial charge in [0, 0.05) is 36.1 Å². The highest BCUT2D eigenvalue weighted by atomic mass is 35.5. The fraction of sp³-hybridized carbons (Fsp3) is 0.364. The Hall–Kier alpha value is -1.44. The summed E-state index contributed by atoms with van der Waals surface area (Å²) in [6.07, 6.45) is 0.881. The first-order valence-corrected chi connectivity index (χ1v) is 6.62. The minimum atomic E-state index is -0.203. The summed E-state index contributed by atoms with van der Waals surface area (Å²) in [6, 6.07) is 0. The molecule has 2 aromatic rings. The molecule has 1 amide bonds. The van der Waals surface area contributed by atoms with E-state index in [9.17, 15) is 4.79 Å². The Kier molecular flexibility index (Phi) is 4.18. The van der Waals surface area contributed by atoms with Gasteiger partial charge >= 0.3 is 0 Å². The van der Waals surface area contributed by atoms with Crippen LogP contribution in [0.3, 0.4) is 0 Å². The molecule has 0 aliphatic carbocycles. The molecule has 0 aromatic carbocycles. The molecular formula is C11H14ClN5OS. The number of amides is 1. The third-order valence-corrected chi connectivity index (χ3v) is 3.74. The monoisotopic (exact) mass is 299 g/mol. The topological polar surface area (TPSA) is 82.7 Å². The summed E-state index contributed by atoms with van der Waals surface area (Å²) in [5.41, 5.74) is 3.38. The van der Waals surface area contributed by atoms with Crippen molar-refractivity contribution in [1.82, 2.24) is 20.5 Å². The maximum Gasteiger partial charge on any atom is 0.278 e. The average Bonchev–Trinajstić information content (AvgIpc) is 2.95. The predicted octanol–water partition coefficient (Wildman–Crippen LogP) is 1.49. The van der Waals surface area contributed by atoms with Crippen molar-refractivity contribution < 1.29 is 4.79 Å². The molecule has 1 aliphatic rings. The smallest absolute Gasteiger partial charge is 0.278 e. The van der Waals surface area contributed by atoms with Gasteiger partial charge in [0.25, 0.3) is 5.91 Å². The highest BCUT2D eigenvalue weighted by Gasteiger charge is 2.21. The van der Waals surface area contributed by atoms with E-state index in [0.717, 1.165) is 29.9 Å². The predicted molar refractivity (Wildman–Crippen MR) is 76.1 cm³/mol. The number of aryl methyl sites for hydroxylation is 1. The van der Waals surface area contributed by atoms with Crippen molar-refractivity contribution in [3.63, 3.8) is 0 Å². The van der Waals surface area contributed by atoms with Crippen molar-refractivity contribution in [3.8, 4) is 0 Å². The maximum absolute atomic E-state index is 12.1. The molecule has 2 aromatic heterocycles. The van der Waals surface area contributed by atoms with E-state index in [4.69, 9.17) is 0 Å². The quantitative estimate of drug-likeness (QED) is 0.785. The second-order valence-electron chi connectivity index (χ2n) is 4.20. The number of H-pyrrole nitrogens is 1. The number of rotatable bonds is 2. The van der Waals surface area contributed by atoms with Gasteiger partial charge in [-0.1, -0.05) is 0 Å². The van der Waals surface area contributed by atoms with E-state index in [-0.39, 0.29) is 18.3 Å². The molecule has 3 heterocycles. The summed E-state index contributed by atoms with van der Waals surface area (Å²) < 4.78 is 0. The van der Waals surface area contributed by atoms with E-state index in [0.29, 0.717) is 17.4 Å². The molecule has 6 nitrogen and oxygen atoms in total. The van der Waals surface area contributed by atoms with Gasteiger partial charge < -0.3 is 5.32 Å². The number of halogens is 1. The van der Waals surface area contributed by atoms with E-state index in [1.807, 2.05) is 12.3 Å². The second kappa shape index (κ2) is 5.68. The number of carbonyl (C=O) groups excluding carboxylic acids is 1. The first kappa shape index (κ1) is 14.0. The summed E-state index contributed by atoms with van der Waals surface area (Å²) in [5.74, 6) is -0.203. The average molecular weight is 300 g/mol. The molecule has 1 aliphatic heterocycles. The van der Waals surface area contributed by atoms with Crippen molar-refractivity contribution in [3.05, 3.63) is 28.0 Å². The van der Waals surface area contributed by atoms with Gasteiger partial charge in [0.2, 0.25) is 0 Å². The molecule has 0 saturated heterocycles. The normalized spacial score (nSPS) is 13.5. The lowest BCUT2D eigenvalue weighted by Gasteiger charge is -2.12. The molecule has 0 unspecified atom stereocenters. The van der Waals surface area contributed by atoms with Gasteiger partial charge in [0.05, 0.1) is 5.69 Å². The SMILES string of the molecule is Cc1csc(NC(=O)c2n[nH]c3c2CNCC3)n1.Cl. The van der Waals surface area contributed by atoms with Crippen LogP contribution in [-0.2, 0) is 13.0 Å². The Morgan fingerprint density at radius 2 is 2.37 bits per heavy atom. The van der Waals surface area contributed by atoms with Crippen LogP contribution in [0.2, 0.25) is 0 Å². The van der Waals surface area contributed by atoms with E-state index < -0.39 is 0 Å². The van der Waals surface area contributed by atoms with Crippen LogP contribution >= 0.6 is 23.7 Å². The van der Waals surface area contributed by atoms with E-state index in [1.165, 1.54) is 11.3 Å². The molecule has 0 fully saturated rings. The van der Waals surface area contributed by atoms with Crippen LogP contribution in [0.1, 0.15) is 27.4 Å². The summed E-state index contributed by atoms with van der Waals surface area (Å²) in [4.78, 5) is 16.3. The van der Waals surface area contributed by atoms with Gasteiger partial charge in [0.15, 0.2) is 10.8 Å². The van der Waals surface area contributed by atoms with Gasteiger partial charge in [0.1, 0.15) is 0 Å². The van der Waals surface area contributed by atoms with Gasteiger partial charge in [-0.3, -0.25) is 15.2 Å². The summed E-state index contributed by atoms with van der Waals surface area (Å²) >= 11 is 1.42. The van der Waals surface area contributed by atoms with Gasteiger partial charge in [-0.25, -0.2) is 4.98 Å². The lowest BCUT2D eigenvalue weighted by Crippen LogP contribution is -2.25. The van der Waals surface area contributed by atoms with Crippen LogP contribution in [0.5, 0.6) is 0 Å². The summed E-state index contributed by atoms with van der Waals surface area (Å²) in [5, 5.41) is 15.6. The van der Waals surface area contributed by atoms with Crippen LogP contribution in [0.4, 0.5) is 5.13 Å². The van der Waals surface area contributed by atoms with Crippen molar-refractivity contribution in [1.29, 1.82) is 0 Å². The lowest BCUT2D eigenvalue weighted by atomic mass is 10.1. The fourth-order valence-corrected chi connectivity index (χ4v) is 2.66. The zero-order valence-corrected chi connectivity index (χ0v) is 12.0. The first-order valence-electron chi connectivity index (χ1n) is 5.74. The Bertz CT molecular complexity index is 594. The Morgan fingerprint density at radius 1 is 1.53 bits per heavy atom. The number of carbonyl (C=O) groups is 1. The Labute approximate surface area is 120 Å². The number of hydrogen-bond donors (Lipinski definition) is 3. The molecule has 19 heavy (non-hydrogen) atoms. The number of aromatic nitrogens is 3. The van der Waals surface area contributed by atoms with Crippen molar-refractivity contribution in [2.75, 3.05) is 11.9 Å². The Morgan fingerprint density at radius 3 is 3.11 bits per heavy atom. The first-order chi connectivity index (χ1) is 8.74. The van der Waals surface area contributed by atoms with Gasteiger partial charge in [-0.05, 0) is 6.92 Å². The number of fused-ring (bicyclic) bond motifs is 1. The molecule has 102 valence electrons. The minimum absolute atomic E-state index is 0. The molecule has 0 spiro atoms. The largest absolute Gasteiger partial charge is 0.312 e. The third-order valence-electron chi connectivity index (χ3n) is 2.86. The number of nitrogens with zero attached hydrogens (tertiary/aromatic N) is 2. The molecule has 8 heteroatoms. The number of hydrogen-bond acceptors (Lipinski definition) is 5. The molecule has 3 N–H and O–H groups in total. The number of aromatic amines is 1. The summed E-state index contributed by atoms with van der Waals surface area (Å²) in [7, 11) is 0. The number of nitrogens with one attached hydrogen (secondary N) is 3. The molecule has 0 radical (unpaired) electrons. The standard InChI is InChI=1S/C11H13N5OS.ClH/c1-6-5-18-11(13-6)14-10(17)9-7-4-12-3-2-8(7)15-16-9;/h5,12H,2-4H2,1H3,(H,15,16)(H,13,14,17);1H. The van der Waals surface area contributed by atoms with E-state index in [1.54, 1.807) is 0 Å². The zero-order chi connectivity index (χ0) is 12.5. The highest BCUT2D eigenvalue weighted by molar-refractivity contribution is 7.13. The third kappa shape index (κ3) is 2.78. The van der Waals surface area contributed by atoms with E-state index >= 15 is 0 Å². The Balaban J connectivity index is 0.00000133. The van der Waals surface area contributed by atoms with Crippen LogP contribution in [0.15, 0.2) is 5.38 Å². The maximum atomic E-state index is 12.1. The lowest BCUT2D eigenvalue weighted by molar-refractivity contribution is 0.102. The van der Waals surface area contributed by atoms with Crippen LogP contribution in [0.25, 0.3) is 0 Å². The second-order valence-corrected chi connectivity index (χ2v) is 5.06. The molecule has 0 atom stereocenters. The van der Waals surface area contributed by atoms with Gasteiger partial charge in [-0.2, -0.15) is 5.10 Å². The van der Waals surface area contributed by atoms with Crippen LogP contribution < -0.4 is 10.6 Å². The van der Waals surface area contributed by atoms with Crippen molar-refractivity contribution in [2.24, 2.45) is 0 Å². The van der Waals surface area contributed by atoms with E-state index in [2.05, 4.69) is 25.8 Å². The summed E-state index contributed by atoms with van der Waals surface area (Å²) in [6.45, 7) is 3.50. The minimum Gasteiger partial charge on any atom is -0.312 e. The van der Waals surface area contributed by atoms with Gasteiger partial charge in [-0.15, -0.1) is 23.7 Å². The van der Waals surface area contributed by atoms with Crippen molar-refractivity contribution >= 4 is 34.8 Å². The highest BCUT2D eigenvalue weighted by Crippen LogP contribution is 2.19. The van der Waals surface area contributed by atoms with Crippen LogP contribution in [-0.4, -0.2) is 27.6 Å². The molecule has 0 saturated carbocycles.